The van der Waals surface area contributed by atoms with Gasteiger partial charge in [0.2, 0.25) is 0 Å². The molecule has 1 rings (SSSR count). The fraction of sp³-hybridized carbons (Fsp3) is 0.500. The van der Waals surface area contributed by atoms with Gasteiger partial charge in [-0.25, -0.2) is 0 Å². The Balaban J connectivity index is 2.34. The maximum absolute atomic E-state index is 5.09. The summed E-state index contributed by atoms with van der Waals surface area (Å²) in [5.41, 5.74) is 2.89. The van der Waals surface area contributed by atoms with Gasteiger partial charge in [-0.15, -0.1) is 5.73 Å². The van der Waals surface area contributed by atoms with E-state index in [0.717, 1.165) is 0 Å². The van der Waals surface area contributed by atoms with E-state index in [0.29, 0.717) is 13.2 Å². The van der Waals surface area contributed by atoms with E-state index in [1.807, 2.05) is 13.0 Å². The summed E-state index contributed by atoms with van der Waals surface area (Å²) in [6.45, 7) is 3.31. The van der Waals surface area contributed by atoms with Gasteiger partial charge in [-0.05, 0) is 19.0 Å². The van der Waals surface area contributed by atoms with Crippen molar-refractivity contribution in [2.45, 2.75) is 6.92 Å². The van der Waals surface area contributed by atoms with Crippen LogP contribution in [-0.2, 0) is 9.31 Å². The van der Waals surface area contributed by atoms with E-state index in [-0.39, 0.29) is 7.12 Å². The first-order chi connectivity index (χ1) is 4.43. The van der Waals surface area contributed by atoms with Crippen LogP contribution in [0.25, 0.3) is 0 Å². The molecule has 2 nitrogen and oxygen atoms in total. The van der Waals surface area contributed by atoms with Crippen molar-refractivity contribution >= 4 is 7.12 Å². The highest BCUT2D eigenvalue weighted by Gasteiger charge is 2.19. The molecule has 9 heavy (non-hydrogen) atoms. The molecule has 0 radical (unpaired) electrons. The minimum Gasteiger partial charge on any atom is -0.405 e. The number of rotatable bonds is 1. The van der Waals surface area contributed by atoms with Gasteiger partial charge in [-0.1, -0.05) is 0 Å². The zero-order valence-electron chi connectivity index (χ0n) is 5.46. The van der Waals surface area contributed by atoms with E-state index in [4.69, 9.17) is 9.31 Å². The monoisotopic (exact) mass is 124 g/mol. The number of allylic oxidation sites excluding steroid dienone is 1. The van der Waals surface area contributed by atoms with Crippen LogP contribution in [0, 0.1) is 0 Å². The molecule has 48 valence electrons. The molecule has 1 fully saturated rings. The van der Waals surface area contributed by atoms with Gasteiger partial charge in [0, 0.05) is 0 Å². The molecule has 0 unspecified atom stereocenters. The van der Waals surface area contributed by atoms with E-state index in [1.165, 1.54) is 0 Å². The van der Waals surface area contributed by atoms with Crippen molar-refractivity contribution in [3.63, 3.8) is 0 Å². The predicted molar refractivity (Wildman–Crippen MR) is 36.0 cm³/mol. The minimum atomic E-state index is -0.152. The second-order valence-electron chi connectivity index (χ2n) is 1.73. The van der Waals surface area contributed by atoms with Crippen LogP contribution in [0.4, 0.5) is 0 Å². The van der Waals surface area contributed by atoms with E-state index < -0.39 is 0 Å². The van der Waals surface area contributed by atoms with E-state index >= 15 is 0 Å². The van der Waals surface area contributed by atoms with Gasteiger partial charge in [0.05, 0.1) is 13.2 Å². The molecule has 0 saturated carbocycles. The second-order valence-corrected chi connectivity index (χ2v) is 1.73. The van der Waals surface area contributed by atoms with Crippen molar-refractivity contribution in [1.29, 1.82) is 0 Å². The van der Waals surface area contributed by atoms with Gasteiger partial charge in [0.1, 0.15) is 0 Å². The lowest BCUT2D eigenvalue weighted by molar-refractivity contribution is 0.365. The smallest absolute Gasteiger partial charge is 0.405 e. The van der Waals surface area contributed by atoms with Crippen molar-refractivity contribution in [1.82, 2.24) is 0 Å². The highest BCUT2D eigenvalue weighted by Crippen LogP contribution is 1.98. The SMILES string of the molecule is CC=C=CB1OCCO1. The third-order valence-corrected chi connectivity index (χ3v) is 1.05. The molecule has 0 aromatic rings. The van der Waals surface area contributed by atoms with Crippen molar-refractivity contribution in [2.24, 2.45) is 0 Å². The minimum absolute atomic E-state index is 0.152. The van der Waals surface area contributed by atoms with Gasteiger partial charge in [-0.3, -0.25) is 0 Å². The second kappa shape index (κ2) is 3.52. The molecule has 0 amide bonds. The molecule has 0 atom stereocenters. The molecule has 0 spiro atoms. The summed E-state index contributed by atoms with van der Waals surface area (Å²) in [7, 11) is -0.152. The van der Waals surface area contributed by atoms with Crippen LogP contribution < -0.4 is 0 Å². The van der Waals surface area contributed by atoms with E-state index in [1.54, 1.807) is 5.98 Å². The molecule has 1 aliphatic rings. The molecular formula is C6H9BO2. The third-order valence-electron chi connectivity index (χ3n) is 1.05. The Hall–Kier alpha value is -0.495. The normalized spacial score (nSPS) is 17.2. The van der Waals surface area contributed by atoms with Gasteiger partial charge in [0.25, 0.3) is 0 Å². The van der Waals surface area contributed by atoms with Crippen LogP contribution in [0.15, 0.2) is 17.8 Å². The molecular weight excluding hydrogens is 115 g/mol. The standard InChI is InChI=1S/C6H9BO2/c1-2-3-4-7-8-5-6-9-7/h2,4H,5-6H2,1H3. The highest BCUT2D eigenvalue weighted by molar-refractivity contribution is 6.51. The van der Waals surface area contributed by atoms with Gasteiger partial charge in [0.15, 0.2) is 0 Å². The molecule has 3 heteroatoms. The summed E-state index contributed by atoms with van der Waals surface area (Å²) < 4.78 is 10.2. The maximum Gasteiger partial charge on any atom is 0.494 e. The first kappa shape index (κ1) is 6.62. The Morgan fingerprint density at radius 1 is 1.44 bits per heavy atom. The van der Waals surface area contributed by atoms with Gasteiger partial charge >= 0.3 is 7.12 Å². The summed E-state index contributed by atoms with van der Waals surface area (Å²) in [5.74, 6) is 1.77. The summed E-state index contributed by atoms with van der Waals surface area (Å²) in [6, 6.07) is 0. The molecule has 0 N–H and O–H groups in total. The molecule has 0 aromatic heterocycles. The summed E-state index contributed by atoms with van der Waals surface area (Å²) in [4.78, 5) is 0. The topological polar surface area (TPSA) is 18.5 Å². The van der Waals surface area contributed by atoms with Crippen molar-refractivity contribution in [2.75, 3.05) is 13.2 Å². The van der Waals surface area contributed by atoms with Crippen LogP contribution in [-0.4, -0.2) is 20.3 Å². The lowest BCUT2D eigenvalue weighted by Crippen LogP contribution is -2.08. The molecule has 0 aliphatic carbocycles. The fourth-order valence-corrected chi connectivity index (χ4v) is 0.648. The average Bonchev–Trinajstić information content (AvgIpc) is 2.34. The van der Waals surface area contributed by atoms with Crippen LogP contribution >= 0.6 is 0 Å². The Morgan fingerprint density at radius 2 is 2.11 bits per heavy atom. The summed E-state index contributed by atoms with van der Waals surface area (Å²) in [5, 5.41) is 0. The van der Waals surface area contributed by atoms with Crippen LogP contribution in [0.5, 0.6) is 0 Å². The van der Waals surface area contributed by atoms with E-state index in [9.17, 15) is 0 Å². The zero-order chi connectivity index (χ0) is 6.53. The number of hydrogen-bond donors (Lipinski definition) is 0. The quantitative estimate of drug-likeness (QED) is 0.380. The van der Waals surface area contributed by atoms with Gasteiger partial charge < -0.3 is 9.31 Å². The average molecular weight is 124 g/mol. The van der Waals surface area contributed by atoms with Crippen molar-refractivity contribution in [3.05, 3.63) is 17.8 Å². The Bertz CT molecular complexity index is 132. The first-order valence-electron chi connectivity index (χ1n) is 3.04. The van der Waals surface area contributed by atoms with Crippen LogP contribution in [0.1, 0.15) is 6.92 Å². The van der Waals surface area contributed by atoms with Crippen molar-refractivity contribution in [3.8, 4) is 0 Å². The Labute approximate surface area is 55.3 Å². The lowest BCUT2D eigenvalue weighted by Gasteiger charge is -1.90. The molecule has 1 heterocycles. The molecule has 0 aromatic carbocycles. The Morgan fingerprint density at radius 3 is 2.67 bits per heavy atom. The lowest BCUT2D eigenvalue weighted by atomic mass is 9.92. The maximum atomic E-state index is 5.09. The molecule has 0 bridgehead atoms. The first-order valence-corrected chi connectivity index (χ1v) is 3.04. The zero-order valence-corrected chi connectivity index (χ0v) is 5.46. The summed E-state index contributed by atoms with van der Waals surface area (Å²) >= 11 is 0. The third kappa shape index (κ3) is 2.06. The summed E-state index contributed by atoms with van der Waals surface area (Å²) in [6.07, 6.45) is 1.82. The molecule has 1 saturated heterocycles. The highest BCUT2D eigenvalue weighted by atomic mass is 16.6. The van der Waals surface area contributed by atoms with Crippen LogP contribution in [0.2, 0.25) is 0 Å². The van der Waals surface area contributed by atoms with Crippen LogP contribution in [0.3, 0.4) is 0 Å². The van der Waals surface area contributed by atoms with Gasteiger partial charge in [-0.2, -0.15) is 0 Å². The largest absolute Gasteiger partial charge is 0.494 e. The van der Waals surface area contributed by atoms with E-state index in [2.05, 4.69) is 5.73 Å². The predicted octanol–water partition coefficient (Wildman–Crippen LogP) is 0.792. The van der Waals surface area contributed by atoms with Crippen molar-refractivity contribution < 1.29 is 9.31 Å². The number of hydrogen-bond acceptors (Lipinski definition) is 2. The fourth-order valence-electron chi connectivity index (χ4n) is 0.648. The Kier molecular flexibility index (Phi) is 2.59. The molecule has 1 aliphatic heterocycles.